The van der Waals surface area contributed by atoms with E-state index in [4.69, 9.17) is 9.15 Å². The molecule has 0 bridgehead atoms. The molecule has 1 atom stereocenters. The van der Waals surface area contributed by atoms with Crippen LogP contribution < -0.4 is 10.1 Å². The fourth-order valence-corrected chi connectivity index (χ4v) is 2.90. The Hall–Kier alpha value is -1.26. The van der Waals surface area contributed by atoms with Gasteiger partial charge >= 0.3 is 0 Å². The molecule has 20 heavy (non-hydrogen) atoms. The summed E-state index contributed by atoms with van der Waals surface area (Å²) < 4.78 is 12.1. The lowest BCUT2D eigenvalue weighted by Gasteiger charge is -2.17. The second-order valence-corrected chi connectivity index (χ2v) is 5.79. The Balaban J connectivity index is 2.31. The minimum atomic E-state index is 0.204. The van der Waals surface area contributed by atoms with Crippen molar-refractivity contribution < 1.29 is 9.15 Å². The summed E-state index contributed by atoms with van der Waals surface area (Å²) in [6.07, 6.45) is 0.846. The number of aryl methyl sites for hydroxylation is 2. The van der Waals surface area contributed by atoms with Crippen molar-refractivity contribution >= 4 is 15.9 Å². The van der Waals surface area contributed by atoms with Gasteiger partial charge < -0.3 is 14.5 Å². The number of halogens is 1. The summed E-state index contributed by atoms with van der Waals surface area (Å²) in [4.78, 5) is 0. The molecule has 1 heterocycles. The predicted octanol–water partition coefficient (Wildman–Crippen LogP) is 4.17. The van der Waals surface area contributed by atoms with Crippen molar-refractivity contribution in [1.29, 1.82) is 0 Å². The summed E-state index contributed by atoms with van der Waals surface area (Å²) in [5, 5.41) is 3.36. The zero-order chi connectivity index (χ0) is 14.7. The Kier molecular flexibility index (Phi) is 4.89. The highest BCUT2D eigenvalue weighted by Crippen LogP contribution is 2.30. The van der Waals surface area contributed by atoms with Crippen LogP contribution in [0.15, 0.2) is 33.2 Å². The van der Waals surface area contributed by atoms with Crippen LogP contribution in [0.25, 0.3) is 0 Å². The predicted molar refractivity (Wildman–Crippen MR) is 84.4 cm³/mol. The van der Waals surface area contributed by atoms with Gasteiger partial charge in [-0.25, -0.2) is 0 Å². The zero-order valence-electron chi connectivity index (χ0n) is 12.3. The largest absolute Gasteiger partial charge is 0.496 e. The third kappa shape index (κ3) is 3.25. The normalized spacial score (nSPS) is 12.4. The molecule has 0 amide bonds. The minimum Gasteiger partial charge on any atom is -0.496 e. The van der Waals surface area contributed by atoms with E-state index in [0.717, 1.165) is 28.2 Å². The Morgan fingerprint density at radius 2 is 2.05 bits per heavy atom. The average molecular weight is 338 g/mol. The quantitative estimate of drug-likeness (QED) is 0.888. The van der Waals surface area contributed by atoms with Gasteiger partial charge in [-0.05, 0) is 57.1 Å². The molecule has 0 aliphatic carbocycles. The first kappa shape index (κ1) is 15.1. The number of furan rings is 1. The van der Waals surface area contributed by atoms with E-state index in [9.17, 15) is 0 Å². The molecule has 1 N–H and O–H groups in total. The summed E-state index contributed by atoms with van der Waals surface area (Å²) >= 11 is 3.52. The minimum absolute atomic E-state index is 0.204. The van der Waals surface area contributed by atoms with Crippen LogP contribution in [0.1, 0.15) is 28.7 Å². The molecule has 0 aliphatic rings. The van der Waals surface area contributed by atoms with Crippen LogP contribution in [0.5, 0.6) is 5.75 Å². The van der Waals surface area contributed by atoms with E-state index in [1.165, 1.54) is 11.1 Å². The molecule has 2 aromatic rings. The van der Waals surface area contributed by atoms with Gasteiger partial charge in [0.2, 0.25) is 0 Å². The summed E-state index contributed by atoms with van der Waals surface area (Å²) in [6, 6.07) is 8.38. The van der Waals surface area contributed by atoms with Gasteiger partial charge in [0.25, 0.3) is 0 Å². The first-order valence-electron chi connectivity index (χ1n) is 6.61. The van der Waals surface area contributed by atoms with Gasteiger partial charge in [-0.3, -0.25) is 0 Å². The molecule has 108 valence electrons. The molecule has 2 rings (SSSR count). The second kappa shape index (κ2) is 6.46. The molecule has 0 spiro atoms. The molecule has 1 aromatic heterocycles. The number of methoxy groups -OCH3 is 1. The van der Waals surface area contributed by atoms with E-state index < -0.39 is 0 Å². The van der Waals surface area contributed by atoms with Gasteiger partial charge in [-0.2, -0.15) is 0 Å². The van der Waals surface area contributed by atoms with Crippen molar-refractivity contribution in [3.8, 4) is 5.75 Å². The van der Waals surface area contributed by atoms with Crippen molar-refractivity contribution in [3.63, 3.8) is 0 Å². The smallest absolute Gasteiger partial charge is 0.122 e. The number of rotatable bonds is 5. The Morgan fingerprint density at radius 1 is 1.30 bits per heavy atom. The molecule has 0 radical (unpaired) electrons. The van der Waals surface area contributed by atoms with Crippen molar-refractivity contribution in [2.75, 3.05) is 14.2 Å². The highest BCUT2D eigenvalue weighted by atomic mass is 79.9. The van der Waals surface area contributed by atoms with Crippen LogP contribution in [-0.2, 0) is 6.42 Å². The zero-order valence-corrected chi connectivity index (χ0v) is 13.9. The molecule has 3 nitrogen and oxygen atoms in total. The molecule has 0 saturated heterocycles. The van der Waals surface area contributed by atoms with Crippen molar-refractivity contribution in [3.05, 3.63) is 51.4 Å². The van der Waals surface area contributed by atoms with E-state index >= 15 is 0 Å². The monoisotopic (exact) mass is 337 g/mol. The highest BCUT2D eigenvalue weighted by molar-refractivity contribution is 9.10. The number of benzene rings is 1. The fraction of sp³-hybridized carbons (Fsp3) is 0.375. The van der Waals surface area contributed by atoms with Gasteiger partial charge in [0.1, 0.15) is 17.3 Å². The number of hydrogen-bond acceptors (Lipinski definition) is 3. The van der Waals surface area contributed by atoms with Gasteiger partial charge in [0, 0.05) is 16.1 Å². The molecular formula is C16H20BrNO2. The highest BCUT2D eigenvalue weighted by Gasteiger charge is 2.18. The van der Waals surface area contributed by atoms with E-state index in [-0.39, 0.29) is 6.04 Å². The lowest BCUT2D eigenvalue weighted by Crippen LogP contribution is -2.19. The maximum atomic E-state index is 5.63. The van der Waals surface area contributed by atoms with Crippen LogP contribution >= 0.6 is 15.9 Å². The lowest BCUT2D eigenvalue weighted by atomic mass is 9.98. The number of ether oxygens (including phenoxy) is 1. The summed E-state index contributed by atoms with van der Waals surface area (Å²) in [5.74, 6) is 2.82. The molecular weight excluding hydrogens is 318 g/mol. The van der Waals surface area contributed by atoms with Crippen LogP contribution in [0, 0.1) is 13.8 Å². The van der Waals surface area contributed by atoms with Crippen LogP contribution in [0.3, 0.4) is 0 Å². The fourth-order valence-electron chi connectivity index (χ4n) is 2.49. The first-order valence-corrected chi connectivity index (χ1v) is 7.41. The van der Waals surface area contributed by atoms with E-state index in [1.807, 2.05) is 33.0 Å². The van der Waals surface area contributed by atoms with Crippen LogP contribution in [0.2, 0.25) is 0 Å². The Labute approximate surface area is 128 Å². The second-order valence-electron chi connectivity index (χ2n) is 4.87. The van der Waals surface area contributed by atoms with E-state index in [0.29, 0.717) is 0 Å². The Morgan fingerprint density at radius 3 is 2.60 bits per heavy atom. The molecule has 1 unspecified atom stereocenters. The van der Waals surface area contributed by atoms with Crippen LogP contribution in [0.4, 0.5) is 0 Å². The van der Waals surface area contributed by atoms with Gasteiger partial charge in [0.05, 0.1) is 7.11 Å². The number of likely N-dealkylation sites (N-methyl/N-ethyl adjacent to an activating group) is 1. The SMILES string of the molecule is CNC(Cc1cc(Br)ccc1OC)c1cc(C)oc1C. The first-order chi connectivity index (χ1) is 9.55. The number of nitrogens with one attached hydrogen (secondary N) is 1. The van der Waals surface area contributed by atoms with E-state index in [2.05, 4.69) is 33.4 Å². The third-order valence-electron chi connectivity index (χ3n) is 3.47. The molecule has 0 aliphatic heterocycles. The topological polar surface area (TPSA) is 34.4 Å². The lowest BCUT2D eigenvalue weighted by molar-refractivity contribution is 0.406. The summed E-state index contributed by atoms with van der Waals surface area (Å²) in [5.41, 5.74) is 2.37. The standard InChI is InChI=1S/C16H20BrNO2/c1-10-7-14(11(2)20-10)15(18-3)9-12-8-13(17)5-6-16(12)19-4/h5-8,15,18H,9H2,1-4H3. The maximum absolute atomic E-state index is 5.63. The van der Waals surface area contributed by atoms with Gasteiger partial charge in [-0.15, -0.1) is 0 Å². The third-order valence-corrected chi connectivity index (χ3v) is 3.96. The molecule has 0 saturated carbocycles. The molecule has 4 heteroatoms. The van der Waals surface area contributed by atoms with Gasteiger partial charge in [0.15, 0.2) is 0 Å². The van der Waals surface area contributed by atoms with E-state index in [1.54, 1.807) is 7.11 Å². The summed E-state index contributed by atoms with van der Waals surface area (Å²) in [7, 11) is 3.67. The average Bonchev–Trinajstić information content (AvgIpc) is 2.75. The van der Waals surface area contributed by atoms with Crippen molar-refractivity contribution in [2.45, 2.75) is 26.3 Å². The van der Waals surface area contributed by atoms with Gasteiger partial charge in [-0.1, -0.05) is 15.9 Å². The molecule has 0 fully saturated rings. The molecule has 1 aromatic carbocycles. The summed E-state index contributed by atoms with van der Waals surface area (Å²) in [6.45, 7) is 3.98. The van der Waals surface area contributed by atoms with Crippen LogP contribution in [-0.4, -0.2) is 14.2 Å². The Bertz CT molecular complexity index is 592. The van der Waals surface area contributed by atoms with Crippen molar-refractivity contribution in [2.24, 2.45) is 0 Å². The van der Waals surface area contributed by atoms with Crippen molar-refractivity contribution in [1.82, 2.24) is 5.32 Å². The maximum Gasteiger partial charge on any atom is 0.122 e. The number of hydrogen-bond donors (Lipinski definition) is 1.